The Kier molecular flexibility index (Phi) is 6.40. The fourth-order valence-electron chi connectivity index (χ4n) is 2.74. The van der Waals surface area contributed by atoms with Gasteiger partial charge in [-0.1, -0.05) is 42.5 Å². The minimum atomic E-state index is -0.752. The van der Waals surface area contributed by atoms with Crippen LogP contribution in [0.25, 0.3) is 0 Å². The summed E-state index contributed by atoms with van der Waals surface area (Å²) >= 11 is 0. The zero-order valence-electron chi connectivity index (χ0n) is 15.5. The van der Waals surface area contributed by atoms with Crippen LogP contribution in [0.3, 0.4) is 0 Å². The van der Waals surface area contributed by atoms with Crippen molar-refractivity contribution in [3.8, 4) is 17.6 Å². The van der Waals surface area contributed by atoms with Crippen LogP contribution in [0.15, 0.2) is 78.9 Å². The summed E-state index contributed by atoms with van der Waals surface area (Å²) in [4.78, 5) is 12.6. The maximum Gasteiger partial charge on any atom is 0.254 e. The van der Waals surface area contributed by atoms with Crippen molar-refractivity contribution in [2.75, 3.05) is 7.11 Å². The van der Waals surface area contributed by atoms with Gasteiger partial charge in [0.1, 0.15) is 11.5 Å². The van der Waals surface area contributed by atoms with E-state index in [0.29, 0.717) is 23.4 Å². The fraction of sp³-hybridized carbons (Fsp3) is 0.130. The average Bonchev–Trinajstić information content (AvgIpc) is 2.74. The number of ether oxygens (including phenoxy) is 2. The van der Waals surface area contributed by atoms with Crippen molar-refractivity contribution in [3.63, 3.8) is 0 Å². The summed E-state index contributed by atoms with van der Waals surface area (Å²) in [5.41, 5.74) is 2.19. The molecule has 0 spiro atoms. The zero-order valence-corrected chi connectivity index (χ0v) is 15.5. The van der Waals surface area contributed by atoms with Crippen molar-refractivity contribution in [1.82, 2.24) is 5.32 Å². The highest BCUT2D eigenvalue weighted by atomic mass is 16.5. The van der Waals surface area contributed by atoms with Crippen molar-refractivity contribution in [3.05, 3.63) is 95.6 Å². The van der Waals surface area contributed by atoms with E-state index in [9.17, 15) is 4.79 Å². The number of nitrogens with one attached hydrogen (secondary N) is 1. The van der Waals surface area contributed by atoms with Gasteiger partial charge in [-0.3, -0.25) is 4.79 Å². The second-order valence-electron chi connectivity index (χ2n) is 6.13. The van der Waals surface area contributed by atoms with Crippen LogP contribution < -0.4 is 10.1 Å². The molecule has 0 aliphatic carbocycles. The van der Waals surface area contributed by atoms with Crippen LogP contribution in [0.4, 0.5) is 0 Å². The summed E-state index contributed by atoms with van der Waals surface area (Å²) in [6.07, 6.45) is -0.752. The number of benzene rings is 3. The number of nitrogens with zero attached hydrogens (tertiary/aromatic N) is 1. The Morgan fingerprint density at radius 3 is 2.39 bits per heavy atom. The predicted molar refractivity (Wildman–Crippen MR) is 106 cm³/mol. The van der Waals surface area contributed by atoms with Gasteiger partial charge in [0, 0.05) is 13.7 Å². The summed E-state index contributed by atoms with van der Waals surface area (Å²) in [6, 6.07) is 25.9. The van der Waals surface area contributed by atoms with Gasteiger partial charge in [0.15, 0.2) is 6.10 Å². The van der Waals surface area contributed by atoms with Crippen molar-refractivity contribution in [2.24, 2.45) is 0 Å². The Hall–Kier alpha value is -3.62. The number of nitriles is 1. The van der Waals surface area contributed by atoms with Crippen LogP contribution in [-0.2, 0) is 16.1 Å². The molecule has 0 saturated carbocycles. The summed E-state index contributed by atoms with van der Waals surface area (Å²) < 4.78 is 11.2. The topological polar surface area (TPSA) is 71.3 Å². The molecule has 1 unspecified atom stereocenters. The number of para-hydroxylation sites is 1. The number of hydrogen-bond donors (Lipinski definition) is 1. The molecule has 0 radical (unpaired) electrons. The maximum absolute atomic E-state index is 12.6. The lowest BCUT2D eigenvalue weighted by Gasteiger charge is -2.17. The van der Waals surface area contributed by atoms with Crippen LogP contribution in [-0.4, -0.2) is 13.0 Å². The molecule has 0 fully saturated rings. The molecule has 5 heteroatoms. The van der Waals surface area contributed by atoms with E-state index in [1.165, 1.54) is 7.11 Å². The predicted octanol–water partition coefficient (Wildman–Crippen LogP) is 4.35. The van der Waals surface area contributed by atoms with E-state index in [1.54, 1.807) is 18.2 Å². The first-order chi connectivity index (χ1) is 13.7. The third-order valence-corrected chi connectivity index (χ3v) is 4.16. The third-order valence-electron chi connectivity index (χ3n) is 4.16. The maximum atomic E-state index is 12.6. The van der Waals surface area contributed by atoms with Gasteiger partial charge in [0.2, 0.25) is 0 Å². The highest BCUT2D eigenvalue weighted by Gasteiger charge is 2.20. The second-order valence-corrected chi connectivity index (χ2v) is 6.13. The molecule has 3 aromatic carbocycles. The summed E-state index contributed by atoms with van der Waals surface area (Å²) in [6.45, 7) is 0.352. The molecule has 3 rings (SSSR count). The third kappa shape index (κ3) is 4.97. The van der Waals surface area contributed by atoms with Gasteiger partial charge >= 0.3 is 0 Å². The van der Waals surface area contributed by atoms with Crippen molar-refractivity contribution >= 4 is 5.91 Å². The second kappa shape index (κ2) is 9.36. The number of methoxy groups -OCH3 is 1. The van der Waals surface area contributed by atoms with Crippen LogP contribution >= 0.6 is 0 Å². The first kappa shape index (κ1) is 19.2. The first-order valence-electron chi connectivity index (χ1n) is 8.82. The molecule has 0 saturated heterocycles. The van der Waals surface area contributed by atoms with Gasteiger partial charge in [0.05, 0.1) is 11.6 Å². The molecular weight excluding hydrogens is 352 g/mol. The van der Waals surface area contributed by atoms with E-state index in [2.05, 4.69) is 11.4 Å². The van der Waals surface area contributed by atoms with E-state index >= 15 is 0 Å². The lowest BCUT2D eigenvalue weighted by molar-refractivity contribution is -0.131. The number of hydrogen-bond acceptors (Lipinski definition) is 4. The molecule has 1 amide bonds. The highest BCUT2D eigenvalue weighted by molar-refractivity contribution is 5.82. The van der Waals surface area contributed by atoms with E-state index < -0.39 is 6.10 Å². The molecule has 1 atom stereocenters. The Balaban J connectivity index is 1.67. The van der Waals surface area contributed by atoms with Crippen LogP contribution in [0.2, 0.25) is 0 Å². The molecule has 28 heavy (non-hydrogen) atoms. The van der Waals surface area contributed by atoms with Gasteiger partial charge in [-0.2, -0.15) is 5.26 Å². The lowest BCUT2D eigenvalue weighted by Crippen LogP contribution is -2.30. The number of rotatable bonds is 7. The van der Waals surface area contributed by atoms with E-state index in [4.69, 9.17) is 14.7 Å². The first-order valence-corrected chi connectivity index (χ1v) is 8.82. The number of carbonyl (C=O) groups excluding carboxylic acids is 1. The standard InChI is InChI=1S/C23H20N2O3/c1-27-22(23(26)25-16-18-12-10-17(15-24)11-13-18)19-6-5-9-21(14-19)28-20-7-3-2-4-8-20/h2-14,22H,16H2,1H3,(H,25,26). The summed E-state index contributed by atoms with van der Waals surface area (Å²) in [5, 5.41) is 11.7. The minimum Gasteiger partial charge on any atom is -0.457 e. The van der Waals surface area contributed by atoms with Gasteiger partial charge in [-0.25, -0.2) is 0 Å². The van der Waals surface area contributed by atoms with Gasteiger partial charge in [0.25, 0.3) is 5.91 Å². The van der Waals surface area contributed by atoms with E-state index in [0.717, 1.165) is 11.3 Å². The molecule has 1 N–H and O–H groups in total. The molecule has 0 bridgehead atoms. The monoisotopic (exact) mass is 372 g/mol. The Morgan fingerprint density at radius 1 is 1.00 bits per heavy atom. The minimum absolute atomic E-state index is 0.247. The average molecular weight is 372 g/mol. The van der Waals surface area contributed by atoms with E-state index in [1.807, 2.05) is 60.7 Å². The quantitative estimate of drug-likeness (QED) is 0.669. The molecule has 5 nitrogen and oxygen atoms in total. The molecule has 0 aliphatic heterocycles. The Morgan fingerprint density at radius 2 is 1.71 bits per heavy atom. The molecule has 0 aliphatic rings. The van der Waals surface area contributed by atoms with Crippen molar-refractivity contribution in [2.45, 2.75) is 12.6 Å². The van der Waals surface area contributed by atoms with Gasteiger partial charge in [-0.15, -0.1) is 0 Å². The van der Waals surface area contributed by atoms with Gasteiger partial charge in [-0.05, 0) is 47.5 Å². The highest BCUT2D eigenvalue weighted by Crippen LogP contribution is 2.26. The van der Waals surface area contributed by atoms with Crippen LogP contribution in [0.5, 0.6) is 11.5 Å². The SMILES string of the molecule is COC(C(=O)NCc1ccc(C#N)cc1)c1cccc(Oc2ccccc2)c1. The van der Waals surface area contributed by atoms with Crippen LogP contribution in [0.1, 0.15) is 22.8 Å². The number of amides is 1. The van der Waals surface area contributed by atoms with Crippen molar-refractivity contribution < 1.29 is 14.3 Å². The summed E-state index contributed by atoms with van der Waals surface area (Å²) in [5.74, 6) is 1.10. The lowest BCUT2D eigenvalue weighted by atomic mass is 10.1. The molecular formula is C23H20N2O3. The van der Waals surface area contributed by atoms with E-state index in [-0.39, 0.29) is 5.91 Å². The Bertz CT molecular complexity index is 963. The molecule has 140 valence electrons. The zero-order chi connectivity index (χ0) is 19.8. The molecule has 0 aromatic heterocycles. The smallest absolute Gasteiger partial charge is 0.254 e. The normalized spacial score (nSPS) is 11.3. The molecule has 0 heterocycles. The Labute approximate surface area is 164 Å². The number of carbonyl (C=O) groups is 1. The van der Waals surface area contributed by atoms with Gasteiger partial charge < -0.3 is 14.8 Å². The largest absolute Gasteiger partial charge is 0.457 e. The van der Waals surface area contributed by atoms with Crippen LogP contribution in [0, 0.1) is 11.3 Å². The fourth-order valence-corrected chi connectivity index (χ4v) is 2.74. The summed E-state index contributed by atoms with van der Waals surface area (Å²) in [7, 11) is 1.50. The van der Waals surface area contributed by atoms with Crippen molar-refractivity contribution in [1.29, 1.82) is 5.26 Å². The molecule has 3 aromatic rings.